The number of carboxylic acid groups (broad SMARTS) is 2. The fourth-order valence-corrected chi connectivity index (χ4v) is 0.457. The Hall–Kier alpha value is -1.10. The second-order valence-corrected chi connectivity index (χ2v) is 2.47. The van der Waals surface area contributed by atoms with E-state index < -0.39 is 17.5 Å². The van der Waals surface area contributed by atoms with Crippen LogP contribution < -0.4 is 0 Å². The summed E-state index contributed by atoms with van der Waals surface area (Å²) in [6, 6.07) is 0. The number of aliphatic hydroxyl groups is 1. The SMILES string of the molecule is CC(O)(CCC(=O)O)C(=O)O. The van der Waals surface area contributed by atoms with Crippen molar-refractivity contribution >= 4 is 11.9 Å². The maximum atomic E-state index is 10.2. The Morgan fingerprint density at radius 3 is 2.09 bits per heavy atom. The highest BCUT2D eigenvalue weighted by molar-refractivity contribution is 5.77. The molecule has 0 aliphatic heterocycles. The first kappa shape index (κ1) is 9.90. The van der Waals surface area contributed by atoms with E-state index in [9.17, 15) is 9.59 Å². The lowest BCUT2D eigenvalue weighted by molar-refractivity contribution is -0.158. The molecule has 0 heterocycles. The summed E-state index contributed by atoms with van der Waals surface area (Å²) in [6.45, 7) is 1.07. The molecule has 0 aromatic heterocycles. The van der Waals surface area contributed by atoms with E-state index in [0.29, 0.717) is 0 Å². The molecule has 1 atom stereocenters. The van der Waals surface area contributed by atoms with Gasteiger partial charge in [0, 0.05) is 6.42 Å². The van der Waals surface area contributed by atoms with E-state index in [1.165, 1.54) is 0 Å². The van der Waals surface area contributed by atoms with E-state index >= 15 is 0 Å². The summed E-state index contributed by atoms with van der Waals surface area (Å²) < 4.78 is 0. The zero-order chi connectivity index (χ0) is 9.07. The van der Waals surface area contributed by atoms with Crippen molar-refractivity contribution in [2.24, 2.45) is 0 Å². The zero-order valence-corrected chi connectivity index (χ0v) is 6.07. The molecule has 0 amide bonds. The second kappa shape index (κ2) is 3.34. The Balaban J connectivity index is 3.92. The highest BCUT2D eigenvalue weighted by Crippen LogP contribution is 2.11. The molecule has 11 heavy (non-hydrogen) atoms. The Morgan fingerprint density at radius 2 is 1.82 bits per heavy atom. The van der Waals surface area contributed by atoms with Gasteiger partial charge in [-0.05, 0) is 13.3 Å². The van der Waals surface area contributed by atoms with Gasteiger partial charge in [-0.1, -0.05) is 0 Å². The number of hydrogen-bond donors (Lipinski definition) is 3. The van der Waals surface area contributed by atoms with Crippen molar-refractivity contribution in [3.8, 4) is 0 Å². The lowest BCUT2D eigenvalue weighted by Crippen LogP contribution is -2.35. The van der Waals surface area contributed by atoms with Crippen molar-refractivity contribution in [1.82, 2.24) is 0 Å². The van der Waals surface area contributed by atoms with E-state index in [1.807, 2.05) is 0 Å². The van der Waals surface area contributed by atoms with Crippen LogP contribution in [0.2, 0.25) is 0 Å². The van der Waals surface area contributed by atoms with Gasteiger partial charge in [0.15, 0.2) is 5.60 Å². The quantitative estimate of drug-likeness (QED) is 0.527. The van der Waals surface area contributed by atoms with Crippen LogP contribution in [0.15, 0.2) is 0 Å². The van der Waals surface area contributed by atoms with Gasteiger partial charge < -0.3 is 15.3 Å². The average Bonchev–Trinajstić information content (AvgIpc) is 1.84. The first-order valence-electron chi connectivity index (χ1n) is 3.04. The van der Waals surface area contributed by atoms with Crippen molar-refractivity contribution < 1.29 is 24.9 Å². The summed E-state index contributed by atoms with van der Waals surface area (Å²) in [5.74, 6) is -2.52. The molecular formula is C6H10O5. The van der Waals surface area contributed by atoms with Crippen molar-refractivity contribution in [3.05, 3.63) is 0 Å². The van der Waals surface area contributed by atoms with Crippen LogP contribution in [-0.2, 0) is 9.59 Å². The molecule has 64 valence electrons. The number of hydrogen-bond acceptors (Lipinski definition) is 3. The lowest BCUT2D eigenvalue weighted by atomic mass is 10.0. The smallest absolute Gasteiger partial charge is 0.335 e. The first-order valence-corrected chi connectivity index (χ1v) is 3.04. The van der Waals surface area contributed by atoms with Crippen molar-refractivity contribution in [2.45, 2.75) is 25.4 Å². The Bertz CT molecular complexity index is 172. The molecule has 0 aromatic carbocycles. The predicted octanol–water partition coefficient (Wildman–Crippen LogP) is -0.313. The van der Waals surface area contributed by atoms with Crippen LogP contribution in [0, 0.1) is 0 Å². The molecule has 0 fully saturated rings. The van der Waals surface area contributed by atoms with Gasteiger partial charge in [-0.2, -0.15) is 0 Å². The minimum Gasteiger partial charge on any atom is -0.481 e. The zero-order valence-electron chi connectivity index (χ0n) is 6.07. The normalized spacial score (nSPS) is 15.5. The molecule has 5 nitrogen and oxygen atoms in total. The minimum atomic E-state index is -1.93. The van der Waals surface area contributed by atoms with Gasteiger partial charge >= 0.3 is 11.9 Å². The molecule has 0 aromatic rings. The van der Waals surface area contributed by atoms with Gasteiger partial charge in [-0.25, -0.2) is 4.79 Å². The summed E-state index contributed by atoms with van der Waals surface area (Å²) in [5, 5.41) is 25.4. The van der Waals surface area contributed by atoms with E-state index in [2.05, 4.69) is 0 Å². The summed E-state index contributed by atoms with van der Waals surface area (Å²) in [4.78, 5) is 20.2. The monoisotopic (exact) mass is 162 g/mol. The van der Waals surface area contributed by atoms with Gasteiger partial charge in [-0.3, -0.25) is 4.79 Å². The largest absolute Gasteiger partial charge is 0.481 e. The summed E-state index contributed by atoms with van der Waals surface area (Å²) in [7, 11) is 0. The van der Waals surface area contributed by atoms with Crippen LogP contribution in [0.25, 0.3) is 0 Å². The molecule has 0 saturated heterocycles. The highest BCUT2D eigenvalue weighted by Gasteiger charge is 2.29. The molecular weight excluding hydrogens is 152 g/mol. The van der Waals surface area contributed by atoms with E-state index in [-0.39, 0.29) is 12.8 Å². The standard InChI is InChI=1S/C6H10O5/c1-6(11,5(9)10)3-2-4(7)8/h11H,2-3H2,1H3,(H,7,8)(H,9,10). The third-order valence-corrected chi connectivity index (χ3v) is 1.29. The molecule has 0 bridgehead atoms. The third kappa shape index (κ3) is 3.57. The summed E-state index contributed by atoms with van der Waals surface area (Å²) >= 11 is 0. The van der Waals surface area contributed by atoms with Crippen molar-refractivity contribution in [1.29, 1.82) is 0 Å². The number of carbonyl (C=O) groups is 2. The molecule has 1 unspecified atom stereocenters. The fraction of sp³-hybridized carbons (Fsp3) is 0.667. The van der Waals surface area contributed by atoms with Crippen LogP contribution in [0.1, 0.15) is 19.8 Å². The van der Waals surface area contributed by atoms with Gasteiger partial charge in [0.25, 0.3) is 0 Å². The minimum absolute atomic E-state index is 0.280. The van der Waals surface area contributed by atoms with Gasteiger partial charge in [0.1, 0.15) is 0 Å². The number of rotatable bonds is 4. The van der Waals surface area contributed by atoms with Gasteiger partial charge in [-0.15, -0.1) is 0 Å². The van der Waals surface area contributed by atoms with Crippen molar-refractivity contribution in [2.75, 3.05) is 0 Å². The molecule has 0 aliphatic rings. The van der Waals surface area contributed by atoms with Crippen LogP contribution in [0.5, 0.6) is 0 Å². The number of carboxylic acids is 2. The lowest BCUT2D eigenvalue weighted by Gasteiger charge is -2.15. The van der Waals surface area contributed by atoms with Crippen LogP contribution >= 0.6 is 0 Å². The molecule has 0 aliphatic carbocycles. The highest BCUT2D eigenvalue weighted by atomic mass is 16.4. The molecule has 0 rings (SSSR count). The third-order valence-electron chi connectivity index (χ3n) is 1.29. The molecule has 3 N–H and O–H groups in total. The summed E-state index contributed by atoms with van der Waals surface area (Å²) in [5.41, 5.74) is -1.93. The van der Waals surface area contributed by atoms with Crippen LogP contribution in [-0.4, -0.2) is 32.9 Å². The Kier molecular flexibility index (Phi) is 3.00. The molecule has 0 saturated carbocycles. The van der Waals surface area contributed by atoms with Gasteiger partial charge in [0.2, 0.25) is 0 Å². The first-order chi connectivity index (χ1) is 4.86. The average molecular weight is 162 g/mol. The predicted molar refractivity (Wildman–Crippen MR) is 35.1 cm³/mol. The topological polar surface area (TPSA) is 94.8 Å². The van der Waals surface area contributed by atoms with Crippen LogP contribution in [0.3, 0.4) is 0 Å². The molecule has 0 radical (unpaired) electrons. The number of aliphatic carboxylic acids is 2. The van der Waals surface area contributed by atoms with E-state index in [1.54, 1.807) is 0 Å². The van der Waals surface area contributed by atoms with E-state index in [0.717, 1.165) is 6.92 Å². The Labute approximate surface area is 63.3 Å². The van der Waals surface area contributed by atoms with Crippen molar-refractivity contribution in [3.63, 3.8) is 0 Å². The maximum absolute atomic E-state index is 10.2. The van der Waals surface area contributed by atoms with E-state index in [4.69, 9.17) is 15.3 Å². The Morgan fingerprint density at radius 1 is 1.36 bits per heavy atom. The summed E-state index contributed by atoms with van der Waals surface area (Å²) in [6.07, 6.45) is -0.628. The fourth-order valence-electron chi connectivity index (χ4n) is 0.457. The van der Waals surface area contributed by atoms with Gasteiger partial charge in [0.05, 0.1) is 0 Å². The second-order valence-electron chi connectivity index (χ2n) is 2.47. The van der Waals surface area contributed by atoms with Crippen LogP contribution in [0.4, 0.5) is 0 Å². The molecule has 5 heteroatoms. The molecule has 0 spiro atoms. The maximum Gasteiger partial charge on any atom is 0.335 e.